The smallest absolute Gasteiger partial charge is 0.226 e. The van der Waals surface area contributed by atoms with E-state index in [9.17, 15) is 4.79 Å². The molecule has 2 bridgehead atoms. The first-order valence-electron chi connectivity index (χ1n) is 9.89. The molecule has 3 rings (SSSR count). The Morgan fingerprint density at radius 3 is 2.91 bits per heavy atom. The normalized spacial score (nSPS) is 35.0. The first kappa shape index (κ1) is 17.2. The lowest BCUT2D eigenvalue weighted by Crippen LogP contribution is -2.48. The Balaban J connectivity index is 1.37. The van der Waals surface area contributed by atoms with Gasteiger partial charge in [-0.15, -0.1) is 0 Å². The molecule has 0 aromatic carbocycles. The predicted molar refractivity (Wildman–Crippen MR) is 94.3 cm³/mol. The van der Waals surface area contributed by atoms with Gasteiger partial charge in [-0.25, -0.2) is 0 Å². The molecule has 0 aromatic rings. The molecule has 4 heteroatoms. The van der Waals surface area contributed by atoms with E-state index >= 15 is 0 Å². The van der Waals surface area contributed by atoms with Gasteiger partial charge in [0.2, 0.25) is 5.91 Å². The van der Waals surface area contributed by atoms with Crippen molar-refractivity contribution >= 4 is 5.91 Å². The molecule has 0 aromatic heterocycles. The van der Waals surface area contributed by atoms with Crippen molar-refractivity contribution in [1.29, 1.82) is 0 Å². The van der Waals surface area contributed by atoms with Gasteiger partial charge in [0.05, 0.1) is 0 Å². The number of carbonyl (C=O) groups excluding carboxylic acids is 1. The highest BCUT2D eigenvalue weighted by atomic mass is 16.2. The number of hydrogen-bond acceptors (Lipinski definition) is 3. The van der Waals surface area contributed by atoms with Crippen LogP contribution in [0.3, 0.4) is 0 Å². The molecule has 2 saturated carbocycles. The van der Waals surface area contributed by atoms with Gasteiger partial charge in [-0.3, -0.25) is 4.79 Å². The molecule has 132 valence electrons. The van der Waals surface area contributed by atoms with Crippen LogP contribution in [0, 0.1) is 17.3 Å². The Morgan fingerprint density at radius 1 is 1.26 bits per heavy atom. The minimum atomic E-state index is -0.0148. The highest BCUT2D eigenvalue weighted by molar-refractivity contribution is 5.82. The average Bonchev–Trinajstić information content (AvgIpc) is 2.54. The Hall–Kier alpha value is -0.610. The van der Waals surface area contributed by atoms with Gasteiger partial charge in [0, 0.05) is 38.1 Å². The summed E-state index contributed by atoms with van der Waals surface area (Å²) in [4.78, 5) is 15.3. The van der Waals surface area contributed by atoms with Crippen molar-refractivity contribution in [2.45, 2.75) is 58.3 Å². The summed E-state index contributed by atoms with van der Waals surface area (Å²) in [5, 5.41) is 6.68. The Labute approximate surface area is 141 Å². The largest absolute Gasteiger partial charge is 0.356 e. The van der Waals surface area contributed by atoms with Gasteiger partial charge >= 0.3 is 0 Å². The van der Waals surface area contributed by atoms with Crippen LogP contribution in [0.4, 0.5) is 0 Å². The molecular weight excluding hydrogens is 286 g/mol. The fourth-order valence-electron chi connectivity index (χ4n) is 5.28. The number of fused-ring (bicyclic) bond motifs is 2. The number of hydrogen-bond donors (Lipinski definition) is 2. The number of carbonyl (C=O) groups is 1. The van der Waals surface area contributed by atoms with E-state index in [1.807, 2.05) is 0 Å². The lowest BCUT2D eigenvalue weighted by Gasteiger charge is -2.46. The van der Waals surface area contributed by atoms with Crippen LogP contribution in [0.15, 0.2) is 0 Å². The lowest BCUT2D eigenvalue weighted by atomic mass is 9.59. The monoisotopic (exact) mass is 321 g/mol. The number of amides is 1. The summed E-state index contributed by atoms with van der Waals surface area (Å²) in [6.45, 7) is 8.99. The van der Waals surface area contributed by atoms with E-state index in [-0.39, 0.29) is 5.41 Å². The number of nitrogens with zero attached hydrogens (tertiary/aromatic N) is 1. The third-order valence-corrected chi connectivity index (χ3v) is 6.30. The molecule has 3 unspecified atom stereocenters. The third kappa shape index (κ3) is 4.48. The van der Waals surface area contributed by atoms with Gasteiger partial charge in [0.25, 0.3) is 0 Å². The molecule has 0 spiro atoms. The Bertz CT molecular complexity index is 390. The molecule has 1 heterocycles. The lowest BCUT2D eigenvalue weighted by molar-refractivity contribution is -0.137. The van der Waals surface area contributed by atoms with E-state index in [0.717, 1.165) is 57.2 Å². The van der Waals surface area contributed by atoms with Crippen LogP contribution in [0.1, 0.15) is 58.3 Å². The molecule has 23 heavy (non-hydrogen) atoms. The van der Waals surface area contributed by atoms with Crippen molar-refractivity contribution in [3.05, 3.63) is 0 Å². The van der Waals surface area contributed by atoms with E-state index in [4.69, 9.17) is 0 Å². The Morgan fingerprint density at radius 2 is 2.09 bits per heavy atom. The zero-order chi connectivity index (χ0) is 16.1. The summed E-state index contributed by atoms with van der Waals surface area (Å²) in [6, 6.07) is 0. The molecule has 2 aliphatic carbocycles. The average molecular weight is 322 g/mol. The zero-order valence-corrected chi connectivity index (χ0v) is 14.9. The van der Waals surface area contributed by atoms with Gasteiger partial charge in [-0.05, 0) is 56.9 Å². The van der Waals surface area contributed by atoms with Crippen molar-refractivity contribution in [3.8, 4) is 0 Å². The summed E-state index contributed by atoms with van der Waals surface area (Å²) in [7, 11) is 0. The molecule has 0 radical (unpaired) electrons. The van der Waals surface area contributed by atoms with Crippen LogP contribution in [0.25, 0.3) is 0 Å². The van der Waals surface area contributed by atoms with E-state index in [1.165, 1.54) is 45.3 Å². The topological polar surface area (TPSA) is 44.4 Å². The van der Waals surface area contributed by atoms with Crippen LogP contribution >= 0.6 is 0 Å². The minimum Gasteiger partial charge on any atom is -0.356 e. The summed E-state index contributed by atoms with van der Waals surface area (Å²) >= 11 is 0. The predicted octanol–water partition coefficient (Wildman–Crippen LogP) is 2.39. The molecule has 3 fully saturated rings. The summed E-state index contributed by atoms with van der Waals surface area (Å²) in [5.74, 6) is 1.91. The van der Waals surface area contributed by atoms with Crippen molar-refractivity contribution in [2.24, 2.45) is 17.3 Å². The van der Waals surface area contributed by atoms with E-state index < -0.39 is 0 Å². The van der Waals surface area contributed by atoms with Crippen LogP contribution < -0.4 is 10.6 Å². The Kier molecular flexibility index (Phi) is 5.97. The number of rotatable bonds is 6. The minimum absolute atomic E-state index is 0.0148. The van der Waals surface area contributed by atoms with E-state index in [1.54, 1.807) is 0 Å². The standard InChI is InChI=1S/C19H35N3O/c1-16-13-17-5-4-6-19(14-16,15-17)18(23)21-7-2-3-10-22-11-8-20-9-12-22/h16-17,20H,2-15H2,1H3,(H,21,23). The van der Waals surface area contributed by atoms with Gasteiger partial charge in [-0.1, -0.05) is 19.8 Å². The first-order chi connectivity index (χ1) is 11.2. The number of unbranched alkanes of at least 4 members (excludes halogenated alkanes) is 1. The highest BCUT2D eigenvalue weighted by Gasteiger charge is 2.46. The number of piperazine rings is 1. The second-order valence-corrected chi connectivity index (χ2v) is 8.34. The molecular formula is C19H35N3O. The summed E-state index contributed by atoms with van der Waals surface area (Å²) in [6.07, 6.45) is 9.68. The van der Waals surface area contributed by atoms with Crippen molar-refractivity contribution in [1.82, 2.24) is 15.5 Å². The summed E-state index contributed by atoms with van der Waals surface area (Å²) in [5.41, 5.74) is -0.0148. The van der Waals surface area contributed by atoms with Crippen LogP contribution in [-0.2, 0) is 4.79 Å². The molecule has 1 amide bonds. The SMILES string of the molecule is CC1CC2CCCC(C(=O)NCCCCN3CCNCC3)(C1)C2. The van der Waals surface area contributed by atoms with E-state index in [0.29, 0.717) is 5.91 Å². The van der Waals surface area contributed by atoms with Crippen LogP contribution in [-0.4, -0.2) is 50.1 Å². The molecule has 2 N–H and O–H groups in total. The maximum Gasteiger partial charge on any atom is 0.226 e. The number of nitrogens with one attached hydrogen (secondary N) is 2. The maximum atomic E-state index is 12.8. The highest BCUT2D eigenvalue weighted by Crippen LogP contribution is 2.51. The van der Waals surface area contributed by atoms with Crippen molar-refractivity contribution < 1.29 is 4.79 Å². The fraction of sp³-hybridized carbons (Fsp3) is 0.947. The summed E-state index contributed by atoms with van der Waals surface area (Å²) < 4.78 is 0. The molecule has 1 aliphatic heterocycles. The molecule has 1 saturated heterocycles. The van der Waals surface area contributed by atoms with Gasteiger partial charge in [-0.2, -0.15) is 0 Å². The molecule has 3 aliphatic rings. The van der Waals surface area contributed by atoms with E-state index in [2.05, 4.69) is 22.5 Å². The van der Waals surface area contributed by atoms with Crippen LogP contribution in [0.5, 0.6) is 0 Å². The van der Waals surface area contributed by atoms with Gasteiger partial charge in [0.1, 0.15) is 0 Å². The van der Waals surface area contributed by atoms with Gasteiger partial charge in [0.15, 0.2) is 0 Å². The second kappa shape index (κ2) is 7.98. The fourth-order valence-corrected chi connectivity index (χ4v) is 5.28. The maximum absolute atomic E-state index is 12.8. The zero-order valence-electron chi connectivity index (χ0n) is 14.9. The third-order valence-electron chi connectivity index (χ3n) is 6.30. The quantitative estimate of drug-likeness (QED) is 0.738. The first-order valence-corrected chi connectivity index (χ1v) is 9.89. The van der Waals surface area contributed by atoms with Gasteiger partial charge < -0.3 is 15.5 Å². The van der Waals surface area contributed by atoms with Crippen molar-refractivity contribution in [2.75, 3.05) is 39.3 Å². The molecule has 3 atom stereocenters. The van der Waals surface area contributed by atoms with Crippen LogP contribution in [0.2, 0.25) is 0 Å². The second-order valence-electron chi connectivity index (χ2n) is 8.34. The van der Waals surface area contributed by atoms with Crippen molar-refractivity contribution in [3.63, 3.8) is 0 Å². The molecule has 4 nitrogen and oxygen atoms in total.